The van der Waals surface area contributed by atoms with E-state index in [1.807, 2.05) is 16.7 Å². The van der Waals surface area contributed by atoms with Gasteiger partial charge >= 0.3 is 0 Å². The van der Waals surface area contributed by atoms with E-state index in [1.54, 1.807) is 6.92 Å². The predicted octanol–water partition coefficient (Wildman–Crippen LogP) is 3.74. The summed E-state index contributed by atoms with van der Waals surface area (Å²) < 4.78 is 0.148. The van der Waals surface area contributed by atoms with Gasteiger partial charge in [0.1, 0.15) is 0 Å². The van der Waals surface area contributed by atoms with Crippen LogP contribution in [0.25, 0.3) is 0 Å². The fourth-order valence-electron chi connectivity index (χ4n) is 6.00. The van der Waals surface area contributed by atoms with Crippen molar-refractivity contribution in [2.75, 3.05) is 19.6 Å². The zero-order chi connectivity index (χ0) is 18.6. The van der Waals surface area contributed by atoms with Crippen LogP contribution in [0.2, 0.25) is 0 Å². The Labute approximate surface area is 166 Å². The minimum atomic E-state index is 0.148. The van der Waals surface area contributed by atoms with Crippen molar-refractivity contribution in [1.29, 1.82) is 0 Å². The van der Waals surface area contributed by atoms with Gasteiger partial charge < -0.3 is 9.80 Å². The fraction of sp³-hybridized carbons (Fsp3) is 0.727. The van der Waals surface area contributed by atoms with Gasteiger partial charge in [-0.3, -0.25) is 9.59 Å². The lowest BCUT2D eigenvalue weighted by Crippen LogP contribution is -2.50. The van der Waals surface area contributed by atoms with Crippen LogP contribution in [-0.4, -0.2) is 52.0 Å². The van der Waals surface area contributed by atoms with Gasteiger partial charge in [-0.05, 0) is 49.9 Å². The molecule has 4 unspecified atom stereocenters. The molecule has 0 spiro atoms. The molecule has 0 bridgehead atoms. The van der Waals surface area contributed by atoms with Crippen LogP contribution in [-0.2, 0) is 9.59 Å². The van der Waals surface area contributed by atoms with E-state index in [4.69, 9.17) is 0 Å². The molecule has 4 nitrogen and oxygen atoms in total. The van der Waals surface area contributed by atoms with Gasteiger partial charge in [0.25, 0.3) is 5.91 Å². The molecular weight excluding hydrogens is 356 g/mol. The average Bonchev–Trinajstić information content (AvgIpc) is 3.32. The molecule has 5 aliphatic rings. The van der Waals surface area contributed by atoms with E-state index in [0.717, 1.165) is 44.0 Å². The van der Waals surface area contributed by atoms with Gasteiger partial charge in [-0.15, -0.1) is 11.8 Å². The van der Waals surface area contributed by atoms with Crippen LogP contribution in [0.1, 0.15) is 58.3 Å². The predicted molar refractivity (Wildman–Crippen MR) is 108 cm³/mol. The molecule has 5 rings (SSSR count). The average molecular weight is 387 g/mol. The molecule has 2 saturated carbocycles. The van der Waals surface area contributed by atoms with E-state index in [1.165, 1.54) is 44.1 Å². The Morgan fingerprint density at radius 3 is 2.70 bits per heavy atom. The third-order valence-corrected chi connectivity index (χ3v) is 9.14. The number of piperidine rings is 1. The highest BCUT2D eigenvalue weighted by Gasteiger charge is 2.63. The van der Waals surface area contributed by atoms with Crippen molar-refractivity contribution in [2.45, 2.75) is 69.1 Å². The number of likely N-dealkylation sites (tertiary alicyclic amines) is 1. The second-order valence-electron chi connectivity index (χ2n) is 9.03. The summed E-state index contributed by atoms with van der Waals surface area (Å²) in [4.78, 5) is 29.2. The molecule has 0 aromatic heterocycles. The molecule has 2 aliphatic carbocycles. The monoisotopic (exact) mass is 386 g/mol. The largest absolute Gasteiger partial charge is 0.339 e. The molecule has 3 heterocycles. The quantitative estimate of drug-likeness (QED) is 0.679. The van der Waals surface area contributed by atoms with E-state index >= 15 is 0 Å². The third-order valence-electron chi connectivity index (χ3n) is 7.63. The Kier molecular flexibility index (Phi) is 4.41. The molecule has 3 fully saturated rings. The highest BCUT2D eigenvalue weighted by molar-refractivity contribution is 8.04. The zero-order valence-electron chi connectivity index (χ0n) is 16.3. The second kappa shape index (κ2) is 6.68. The summed E-state index contributed by atoms with van der Waals surface area (Å²) in [5.74, 6) is 1.66. The van der Waals surface area contributed by atoms with Crippen LogP contribution in [0.3, 0.4) is 0 Å². The molecule has 27 heavy (non-hydrogen) atoms. The van der Waals surface area contributed by atoms with Crippen molar-refractivity contribution in [1.82, 2.24) is 9.80 Å². The molecule has 0 aromatic carbocycles. The van der Waals surface area contributed by atoms with E-state index in [0.29, 0.717) is 17.9 Å². The summed E-state index contributed by atoms with van der Waals surface area (Å²) in [6, 6.07) is 0.498. The molecule has 5 heteroatoms. The van der Waals surface area contributed by atoms with E-state index < -0.39 is 0 Å². The fourth-order valence-corrected chi connectivity index (χ4v) is 7.49. The first-order valence-electron chi connectivity index (χ1n) is 10.7. The number of nitrogens with zero attached hydrogens (tertiary/aromatic N) is 2. The maximum atomic E-state index is 13.4. The lowest BCUT2D eigenvalue weighted by molar-refractivity contribution is -0.133. The van der Waals surface area contributed by atoms with Crippen LogP contribution in [0.4, 0.5) is 0 Å². The molecule has 146 valence electrons. The Balaban J connectivity index is 1.28. The Hall–Kier alpha value is -1.23. The molecule has 0 radical (unpaired) electrons. The van der Waals surface area contributed by atoms with Crippen LogP contribution < -0.4 is 0 Å². The summed E-state index contributed by atoms with van der Waals surface area (Å²) in [5.41, 5.74) is 2.56. The number of rotatable bonds is 2. The normalized spacial score (nSPS) is 37.9. The summed E-state index contributed by atoms with van der Waals surface area (Å²) in [5, 5.41) is 2.18. The smallest absolute Gasteiger partial charge is 0.250 e. The highest BCUT2D eigenvalue weighted by Crippen LogP contribution is 2.68. The third kappa shape index (κ3) is 2.88. The van der Waals surface area contributed by atoms with Gasteiger partial charge in [-0.25, -0.2) is 0 Å². The van der Waals surface area contributed by atoms with Gasteiger partial charge in [0, 0.05) is 48.8 Å². The first-order valence-corrected chi connectivity index (χ1v) is 11.6. The summed E-state index contributed by atoms with van der Waals surface area (Å²) in [6.45, 7) is 4.17. The van der Waals surface area contributed by atoms with Gasteiger partial charge in [0.2, 0.25) is 5.91 Å². The zero-order valence-corrected chi connectivity index (χ0v) is 17.1. The van der Waals surface area contributed by atoms with Crippen molar-refractivity contribution in [2.24, 2.45) is 11.8 Å². The van der Waals surface area contributed by atoms with E-state index in [-0.39, 0.29) is 10.7 Å². The molecule has 1 saturated heterocycles. The number of hydrogen-bond donors (Lipinski definition) is 0. The van der Waals surface area contributed by atoms with Crippen LogP contribution in [0.15, 0.2) is 22.6 Å². The van der Waals surface area contributed by atoms with Gasteiger partial charge in [0.15, 0.2) is 0 Å². The van der Waals surface area contributed by atoms with Crippen LogP contribution >= 0.6 is 11.8 Å². The summed E-state index contributed by atoms with van der Waals surface area (Å²) >= 11 is 1.88. The van der Waals surface area contributed by atoms with Crippen molar-refractivity contribution < 1.29 is 9.59 Å². The van der Waals surface area contributed by atoms with Crippen molar-refractivity contribution in [3.8, 4) is 0 Å². The summed E-state index contributed by atoms with van der Waals surface area (Å²) in [7, 11) is 0. The number of thioether (sulfide) groups is 1. The van der Waals surface area contributed by atoms with E-state index in [2.05, 4.69) is 16.4 Å². The molecule has 0 aromatic rings. The topological polar surface area (TPSA) is 40.6 Å². The molecule has 0 N–H and O–H groups in total. The second-order valence-corrected chi connectivity index (χ2v) is 10.2. The number of hydrogen-bond acceptors (Lipinski definition) is 3. The maximum absolute atomic E-state index is 13.4. The van der Waals surface area contributed by atoms with Crippen LogP contribution in [0.5, 0.6) is 0 Å². The maximum Gasteiger partial charge on any atom is 0.250 e. The van der Waals surface area contributed by atoms with Gasteiger partial charge in [0.05, 0.1) is 0 Å². The lowest BCUT2D eigenvalue weighted by Gasteiger charge is -2.44. The Morgan fingerprint density at radius 2 is 1.96 bits per heavy atom. The molecule has 4 atom stereocenters. The van der Waals surface area contributed by atoms with Crippen molar-refractivity contribution in [3.63, 3.8) is 0 Å². The highest BCUT2D eigenvalue weighted by atomic mass is 32.2. The number of carbonyl (C=O) groups excluding carboxylic acids is 2. The lowest BCUT2D eigenvalue weighted by atomic mass is 9.78. The van der Waals surface area contributed by atoms with Crippen molar-refractivity contribution >= 4 is 23.6 Å². The standard InChI is InChI=1S/C22H30N2O2S/c1-15(25)23-11-8-17(9-12-23)22-13-19(22)18(14-27-22)21(26)24-10-4-6-16-5-2-3-7-20(16)24/h8,14,16,19-20H,2-7,9-13H2,1H3. The summed E-state index contributed by atoms with van der Waals surface area (Å²) in [6.07, 6.45) is 12.0. The van der Waals surface area contributed by atoms with Gasteiger partial charge in [-0.2, -0.15) is 0 Å². The van der Waals surface area contributed by atoms with Gasteiger partial charge in [-0.1, -0.05) is 24.5 Å². The minimum Gasteiger partial charge on any atom is -0.339 e. The number of fused-ring (bicyclic) bond motifs is 2. The first-order chi connectivity index (χ1) is 13.1. The SMILES string of the molecule is CC(=O)N1CC=C(C23CC2C(C(=O)N2CCCC4CCCCC42)=CS3)CC1. The Morgan fingerprint density at radius 1 is 1.15 bits per heavy atom. The van der Waals surface area contributed by atoms with E-state index in [9.17, 15) is 9.59 Å². The Bertz CT molecular complexity index is 728. The number of amides is 2. The minimum absolute atomic E-state index is 0.148. The first kappa shape index (κ1) is 17.8. The molecule has 3 aliphatic heterocycles. The number of carbonyl (C=O) groups is 2. The van der Waals surface area contributed by atoms with Crippen LogP contribution in [0, 0.1) is 11.8 Å². The van der Waals surface area contributed by atoms with Crippen molar-refractivity contribution in [3.05, 3.63) is 22.6 Å². The molecule has 2 amide bonds. The molecular formula is C22H30N2O2S.